The zero-order valence-electron chi connectivity index (χ0n) is 21.0. The molecule has 2 fully saturated rings. The van der Waals surface area contributed by atoms with E-state index in [4.69, 9.17) is 9.26 Å². The molecule has 2 amide bonds. The highest BCUT2D eigenvalue weighted by Gasteiger charge is 2.32. The average Bonchev–Trinajstić information content (AvgIpc) is 3.43. The number of hydrogen-bond donors (Lipinski definition) is 1. The molecule has 1 aliphatic carbocycles. The molecule has 1 saturated heterocycles. The van der Waals surface area contributed by atoms with Gasteiger partial charge in [0, 0.05) is 31.0 Å². The van der Waals surface area contributed by atoms with Crippen LogP contribution < -0.4 is 5.32 Å². The van der Waals surface area contributed by atoms with Gasteiger partial charge in [0.25, 0.3) is 5.89 Å². The first kappa shape index (κ1) is 26.0. The van der Waals surface area contributed by atoms with Crippen LogP contribution in [-0.2, 0) is 14.3 Å². The fourth-order valence-corrected chi connectivity index (χ4v) is 5.08. The highest BCUT2D eigenvalue weighted by molar-refractivity contribution is 5.99. The molecular weight excluding hydrogens is 460 g/mol. The molecule has 1 N–H and O–H groups in total. The van der Waals surface area contributed by atoms with Crippen molar-refractivity contribution in [1.82, 2.24) is 20.4 Å². The van der Waals surface area contributed by atoms with Crippen LogP contribution >= 0.6 is 0 Å². The van der Waals surface area contributed by atoms with Crippen LogP contribution in [0.2, 0.25) is 0 Å². The Hall–Kier alpha value is -3.07. The summed E-state index contributed by atoms with van der Waals surface area (Å²) in [6.45, 7) is 3.97. The maximum atomic E-state index is 13.4. The van der Waals surface area contributed by atoms with E-state index < -0.39 is 17.7 Å². The van der Waals surface area contributed by atoms with Crippen LogP contribution in [-0.4, -0.2) is 65.0 Å². The molecule has 0 radical (unpaired) electrons. The highest BCUT2D eigenvalue weighted by atomic mass is 16.5. The van der Waals surface area contributed by atoms with Gasteiger partial charge in [0.05, 0.1) is 19.3 Å². The lowest BCUT2D eigenvalue weighted by Gasteiger charge is -2.30. The minimum Gasteiger partial charge on any atom is -0.378 e. The molecule has 1 aromatic carbocycles. The SMILES string of the molecule is CC[C@H](NC(=O)C(CC(=O)N1CCOCC1)CC1CCCCC1)C(=O)c1nc(-c2ccccc2)no1. The van der Waals surface area contributed by atoms with Gasteiger partial charge in [-0.3, -0.25) is 14.4 Å². The minimum atomic E-state index is -0.797. The molecule has 4 rings (SSSR count). The molecule has 9 nitrogen and oxygen atoms in total. The quantitative estimate of drug-likeness (QED) is 0.499. The molecule has 1 saturated carbocycles. The number of ketones is 1. The first-order chi connectivity index (χ1) is 17.5. The summed E-state index contributed by atoms with van der Waals surface area (Å²) >= 11 is 0. The van der Waals surface area contributed by atoms with E-state index >= 15 is 0 Å². The number of hydrogen-bond acceptors (Lipinski definition) is 7. The van der Waals surface area contributed by atoms with E-state index in [-0.39, 0.29) is 24.1 Å². The summed E-state index contributed by atoms with van der Waals surface area (Å²) in [5, 5.41) is 6.83. The third-order valence-corrected chi connectivity index (χ3v) is 7.21. The molecular formula is C27H36N4O5. The molecule has 0 spiro atoms. The van der Waals surface area contributed by atoms with Crippen molar-refractivity contribution < 1.29 is 23.6 Å². The zero-order chi connectivity index (χ0) is 25.3. The van der Waals surface area contributed by atoms with Gasteiger partial charge < -0.3 is 19.5 Å². The molecule has 2 heterocycles. The van der Waals surface area contributed by atoms with Gasteiger partial charge >= 0.3 is 0 Å². The lowest BCUT2D eigenvalue weighted by molar-refractivity contribution is -0.140. The minimum absolute atomic E-state index is 0.0296. The Morgan fingerprint density at radius 3 is 2.50 bits per heavy atom. The van der Waals surface area contributed by atoms with Crippen molar-refractivity contribution >= 4 is 17.6 Å². The van der Waals surface area contributed by atoms with E-state index in [0.29, 0.717) is 50.9 Å². The molecule has 1 aliphatic heterocycles. The Kier molecular flexibility index (Phi) is 9.22. The summed E-state index contributed by atoms with van der Waals surface area (Å²) in [7, 11) is 0. The fraction of sp³-hybridized carbons (Fsp3) is 0.593. The first-order valence-corrected chi connectivity index (χ1v) is 13.1. The highest BCUT2D eigenvalue weighted by Crippen LogP contribution is 2.31. The predicted molar refractivity (Wildman–Crippen MR) is 133 cm³/mol. The van der Waals surface area contributed by atoms with E-state index in [1.54, 1.807) is 4.90 Å². The van der Waals surface area contributed by atoms with Gasteiger partial charge in [-0.1, -0.05) is 74.5 Å². The summed E-state index contributed by atoms with van der Waals surface area (Å²) in [5.41, 5.74) is 0.742. The fourth-order valence-electron chi connectivity index (χ4n) is 5.08. The lowest BCUT2D eigenvalue weighted by Crippen LogP contribution is -2.46. The maximum Gasteiger partial charge on any atom is 0.296 e. The second-order valence-electron chi connectivity index (χ2n) is 9.76. The molecule has 1 unspecified atom stereocenters. The molecule has 0 bridgehead atoms. The number of carbonyl (C=O) groups is 3. The molecule has 194 valence electrons. The van der Waals surface area contributed by atoms with Crippen molar-refractivity contribution in [3.05, 3.63) is 36.2 Å². The number of morpholine rings is 1. The molecule has 2 atom stereocenters. The number of amides is 2. The van der Waals surface area contributed by atoms with Crippen LogP contribution in [0.3, 0.4) is 0 Å². The standard InChI is InChI=1S/C27H36N4O5/c1-2-22(24(33)27-29-25(30-36-27)20-11-7-4-8-12-20)28-26(34)21(17-19-9-5-3-6-10-19)18-23(32)31-13-15-35-16-14-31/h4,7-8,11-12,19,21-22H,2-3,5-6,9-10,13-18H2,1H3,(H,28,34)/t21?,22-/m0/s1. The summed E-state index contributed by atoms with van der Waals surface area (Å²) in [4.78, 5) is 45.6. The number of aromatic nitrogens is 2. The molecule has 9 heteroatoms. The van der Waals surface area contributed by atoms with Gasteiger partial charge in [-0.2, -0.15) is 4.98 Å². The van der Waals surface area contributed by atoms with Gasteiger partial charge in [0.15, 0.2) is 0 Å². The van der Waals surface area contributed by atoms with Crippen molar-refractivity contribution in [2.75, 3.05) is 26.3 Å². The Morgan fingerprint density at radius 2 is 1.81 bits per heavy atom. The summed E-state index contributed by atoms with van der Waals surface area (Å²) < 4.78 is 10.6. The second kappa shape index (κ2) is 12.8. The summed E-state index contributed by atoms with van der Waals surface area (Å²) in [5.74, 6) is -0.569. The van der Waals surface area contributed by atoms with Crippen LogP contribution in [0, 0.1) is 11.8 Å². The molecule has 2 aromatic rings. The van der Waals surface area contributed by atoms with Crippen LogP contribution in [0.25, 0.3) is 11.4 Å². The largest absolute Gasteiger partial charge is 0.378 e. The Labute approximate surface area is 212 Å². The van der Waals surface area contributed by atoms with Gasteiger partial charge in [0.2, 0.25) is 23.4 Å². The van der Waals surface area contributed by atoms with E-state index in [1.165, 1.54) is 6.42 Å². The van der Waals surface area contributed by atoms with Crippen LogP contribution in [0.1, 0.15) is 69.0 Å². The predicted octanol–water partition coefficient (Wildman–Crippen LogP) is 3.65. The van der Waals surface area contributed by atoms with Gasteiger partial charge in [-0.05, 0) is 18.8 Å². The first-order valence-electron chi connectivity index (χ1n) is 13.1. The summed E-state index contributed by atoms with van der Waals surface area (Å²) in [6.07, 6.45) is 6.88. The molecule has 36 heavy (non-hydrogen) atoms. The van der Waals surface area contributed by atoms with Crippen LogP contribution in [0.5, 0.6) is 0 Å². The van der Waals surface area contributed by atoms with E-state index in [2.05, 4.69) is 15.5 Å². The smallest absolute Gasteiger partial charge is 0.296 e. The normalized spacial score (nSPS) is 18.4. The summed E-state index contributed by atoms with van der Waals surface area (Å²) in [6, 6.07) is 8.46. The number of ether oxygens (including phenoxy) is 1. The van der Waals surface area contributed by atoms with Crippen LogP contribution in [0.15, 0.2) is 34.9 Å². The molecule has 2 aliphatic rings. The van der Waals surface area contributed by atoms with Crippen molar-refractivity contribution in [3.8, 4) is 11.4 Å². The number of Topliss-reactive ketones (excluding diaryl/α,β-unsaturated/α-hetero) is 1. The number of carbonyl (C=O) groups excluding carboxylic acids is 3. The number of nitrogens with zero attached hydrogens (tertiary/aromatic N) is 3. The third-order valence-electron chi connectivity index (χ3n) is 7.21. The topological polar surface area (TPSA) is 115 Å². The van der Waals surface area contributed by atoms with E-state index in [0.717, 1.165) is 31.2 Å². The number of benzene rings is 1. The second-order valence-corrected chi connectivity index (χ2v) is 9.76. The zero-order valence-corrected chi connectivity index (χ0v) is 21.0. The average molecular weight is 497 g/mol. The maximum absolute atomic E-state index is 13.4. The Bertz CT molecular complexity index is 1010. The molecule has 1 aromatic heterocycles. The van der Waals surface area contributed by atoms with Crippen molar-refractivity contribution in [1.29, 1.82) is 0 Å². The number of rotatable bonds is 10. The lowest BCUT2D eigenvalue weighted by atomic mass is 9.81. The number of nitrogens with one attached hydrogen (secondary N) is 1. The van der Waals surface area contributed by atoms with E-state index in [9.17, 15) is 14.4 Å². The van der Waals surface area contributed by atoms with E-state index in [1.807, 2.05) is 37.3 Å². The van der Waals surface area contributed by atoms with Gasteiger partial charge in [-0.15, -0.1) is 0 Å². The monoisotopic (exact) mass is 496 g/mol. The van der Waals surface area contributed by atoms with Crippen LogP contribution in [0.4, 0.5) is 0 Å². The van der Waals surface area contributed by atoms with Gasteiger partial charge in [0.1, 0.15) is 0 Å². The van der Waals surface area contributed by atoms with Crippen molar-refractivity contribution in [2.45, 2.75) is 64.3 Å². The third kappa shape index (κ3) is 6.78. The Morgan fingerprint density at radius 1 is 1.08 bits per heavy atom. The Balaban J connectivity index is 1.43. The van der Waals surface area contributed by atoms with Crippen molar-refractivity contribution in [3.63, 3.8) is 0 Å². The van der Waals surface area contributed by atoms with Crippen molar-refractivity contribution in [2.24, 2.45) is 11.8 Å². The van der Waals surface area contributed by atoms with Gasteiger partial charge in [-0.25, -0.2) is 0 Å².